The zero-order chi connectivity index (χ0) is 22.1. The Morgan fingerprint density at radius 2 is 1.97 bits per heavy atom. The number of thiazole rings is 1. The van der Waals surface area contributed by atoms with Crippen LogP contribution in [0.1, 0.15) is 12.5 Å². The van der Waals surface area contributed by atoms with Gasteiger partial charge >= 0.3 is 5.63 Å². The van der Waals surface area contributed by atoms with E-state index in [1.807, 2.05) is 0 Å². The minimum atomic E-state index is -0.578. The maximum Gasteiger partial charge on any atom is 0.345 e. The fourth-order valence-electron chi connectivity index (χ4n) is 2.81. The van der Waals surface area contributed by atoms with Crippen molar-refractivity contribution in [2.75, 3.05) is 5.43 Å². The summed E-state index contributed by atoms with van der Waals surface area (Å²) in [6.45, 7) is 1.65. The van der Waals surface area contributed by atoms with Gasteiger partial charge in [0.25, 0.3) is 5.69 Å². The lowest BCUT2D eigenvalue weighted by atomic mass is 10.1. The second-order valence-electron chi connectivity index (χ2n) is 6.40. The van der Waals surface area contributed by atoms with E-state index in [0.717, 1.165) is 5.56 Å². The summed E-state index contributed by atoms with van der Waals surface area (Å²) in [5, 5.41) is 18.5. The van der Waals surface area contributed by atoms with Gasteiger partial charge in [0.15, 0.2) is 5.58 Å². The Morgan fingerprint density at radius 3 is 2.68 bits per heavy atom. The van der Waals surface area contributed by atoms with Gasteiger partial charge in [-0.2, -0.15) is 5.10 Å². The zero-order valence-electron chi connectivity index (χ0n) is 15.8. The number of aromatic nitrogens is 1. The van der Waals surface area contributed by atoms with E-state index in [2.05, 4.69) is 15.5 Å². The topological polar surface area (TPSA) is 111 Å². The number of hydrogen-bond acceptors (Lipinski definition) is 8. The second kappa shape index (κ2) is 8.46. The molecule has 0 amide bonds. The van der Waals surface area contributed by atoms with Gasteiger partial charge in [0.05, 0.1) is 26.9 Å². The molecule has 4 rings (SSSR count). The lowest BCUT2D eigenvalue weighted by Crippen LogP contribution is -2.13. The number of fused-ring (bicyclic) bond motifs is 1. The Bertz CT molecular complexity index is 1400. The number of halogens is 2. The number of nitro groups is 1. The van der Waals surface area contributed by atoms with Gasteiger partial charge in [-0.25, -0.2) is 9.78 Å². The molecule has 8 nitrogen and oxygen atoms in total. The molecule has 2 heterocycles. The fourth-order valence-corrected chi connectivity index (χ4v) is 4.02. The molecule has 0 aliphatic heterocycles. The van der Waals surface area contributed by atoms with Crippen LogP contribution in [-0.4, -0.2) is 15.6 Å². The number of rotatable bonds is 5. The summed E-state index contributed by atoms with van der Waals surface area (Å²) in [5.41, 5.74) is 4.53. The predicted molar refractivity (Wildman–Crippen MR) is 123 cm³/mol. The van der Waals surface area contributed by atoms with Gasteiger partial charge in [0, 0.05) is 33.5 Å². The van der Waals surface area contributed by atoms with Crippen LogP contribution in [-0.2, 0) is 0 Å². The second-order valence-corrected chi connectivity index (χ2v) is 8.11. The minimum Gasteiger partial charge on any atom is -0.421 e. The lowest BCUT2D eigenvalue weighted by Gasteiger charge is -2.04. The first-order valence-corrected chi connectivity index (χ1v) is 10.4. The molecule has 1 N–H and O–H groups in total. The molecule has 0 bridgehead atoms. The Morgan fingerprint density at radius 1 is 1.23 bits per heavy atom. The molecule has 0 aliphatic rings. The van der Waals surface area contributed by atoms with Crippen molar-refractivity contribution in [3.05, 3.63) is 84.0 Å². The van der Waals surface area contributed by atoms with Crippen molar-refractivity contribution in [2.45, 2.75) is 6.92 Å². The molecule has 0 radical (unpaired) electrons. The van der Waals surface area contributed by atoms with E-state index in [-0.39, 0.29) is 21.9 Å². The number of nitrogens with one attached hydrogen (secondary N) is 1. The van der Waals surface area contributed by atoms with Crippen LogP contribution in [0.2, 0.25) is 10.0 Å². The Balaban J connectivity index is 1.57. The van der Waals surface area contributed by atoms with Gasteiger partial charge in [0.1, 0.15) is 0 Å². The third kappa shape index (κ3) is 4.43. The number of non-ortho nitro benzene ring substituents is 1. The molecule has 0 spiro atoms. The SMILES string of the molecule is C/C(=N\Nc1nc(-c2ccc([N+](=O)[O-])cc2)cs1)c1cc2cc(Cl)cc(Cl)c2oc1=O. The smallest absolute Gasteiger partial charge is 0.345 e. The van der Waals surface area contributed by atoms with Crippen molar-refractivity contribution in [1.82, 2.24) is 4.98 Å². The standard InChI is InChI=1S/C20H12Cl2N4O4S/c1-10(15-7-12-6-13(21)8-16(22)18(12)30-19(15)27)24-25-20-23-17(9-31-20)11-2-4-14(5-3-11)26(28)29/h2-9H,1H3,(H,23,25)/b24-10+. The van der Waals surface area contributed by atoms with E-state index in [4.69, 9.17) is 27.6 Å². The quantitative estimate of drug-likeness (QED) is 0.165. The van der Waals surface area contributed by atoms with Crippen molar-refractivity contribution < 1.29 is 9.34 Å². The van der Waals surface area contributed by atoms with Crippen molar-refractivity contribution in [3.8, 4) is 11.3 Å². The number of nitrogens with zero attached hydrogens (tertiary/aromatic N) is 3. The summed E-state index contributed by atoms with van der Waals surface area (Å²) in [7, 11) is 0. The van der Waals surface area contributed by atoms with Gasteiger partial charge in [0.2, 0.25) is 5.13 Å². The first kappa shape index (κ1) is 21.0. The molecule has 0 atom stereocenters. The highest BCUT2D eigenvalue weighted by Crippen LogP contribution is 2.28. The molecule has 0 saturated carbocycles. The molecule has 156 valence electrons. The van der Waals surface area contributed by atoms with Crippen LogP contribution in [0.15, 0.2) is 62.2 Å². The molecule has 0 fully saturated rings. The summed E-state index contributed by atoms with van der Waals surface area (Å²) in [5.74, 6) is 0. The fraction of sp³-hybridized carbons (Fsp3) is 0.0500. The Kier molecular flexibility index (Phi) is 5.73. The maximum atomic E-state index is 12.4. The molecular formula is C20H12Cl2N4O4S. The van der Waals surface area contributed by atoms with Crippen LogP contribution >= 0.6 is 34.5 Å². The molecule has 4 aromatic rings. The lowest BCUT2D eigenvalue weighted by molar-refractivity contribution is -0.384. The average Bonchev–Trinajstić information content (AvgIpc) is 3.21. The first-order chi connectivity index (χ1) is 14.8. The van der Waals surface area contributed by atoms with Gasteiger partial charge < -0.3 is 4.42 Å². The van der Waals surface area contributed by atoms with Gasteiger partial charge in [-0.05, 0) is 37.3 Å². The third-order valence-corrected chi connectivity index (χ3v) is 5.58. The van der Waals surface area contributed by atoms with Crippen LogP contribution in [0, 0.1) is 10.1 Å². The van der Waals surface area contributed by atoms with Crippen LogP contribution in [0.25, 0.3) is 22.2 Å². The molecule has 0 unspecified atom stereocenters. The van der Waals surface area contributed by atoms with Crippen molar-refractivity contribution >= 4 is 62.0 Å². The van der Waals surface area contributed by atoms with Gasteiger partial charge in [-0.15, -0.1) is 11.3 Å². The first-order valence-electron chi connectivity index (χ1n) is 8.76. The van der Waals surface area contributed by atoms with E-state index in [1.54, 1.807) is 36.6 Å². The molecule has 11 heteroatoms. The summed E-state index contributed by atoms with van der Waals surface area (Å²) in [6.07, 6.45) is 0. The highest BCUT2D eigenvalue weighted by atomic mass is 35.5. The summed E-state index contributed by atoms with van der Waals surface area (Å²) >= 11 is 13.4. The normalized spacial score (nSPS) is 11.6. The maximum absolute atomic E-state index is 12.4. The Labute approximate surface area is 188 Å². The third-order valence-electron chi connectivity index (χ3n) is 4.34. The average molecular weight is 475 g/mol. The Hall–Kier alpha value is -3.27. The van der Waals surface area contributed by atoms with Crippen LogP contribution in [0.5, 0.6) is 0 Å². The summed E-state index contributed by atoms with van der Waals surface area (Å²) in [6, 6.07) is 10.9. The van der Waals surface area contributed by atoms with Gasteiger partial charge in [-0.1, -0.05) is 23.2 Å². The number of nitro benzene ring substituents is 1. The number of benzene rings is 2. The van der Waals surface area contributed by atoms with Crippen LogP contribution < -0.4 is 11.1 Å². The molecule has 31 heavy (non-hydrogen) atoms. The van der Waals surface area contributed by atoms with E-state index in [0.29, 0.717) is 26.9 Å². The van der Waals surface area contributed by atoms with E-state index < -0.39 is 10.5 Å². The summed E-state index contributed by atoms with van der Waals surface area (Å²) in [4.78, 5) is 27.1. The van der Waals surface area contributed by atoms with E-state index in [1.165, 1.54) is 29.5 Å². The number of hydrazone groups is 1. The highest BCUT2D eigenvalue weighted by molar-refractivity contribution is 7.14. The monoisotopic (exact) mass is 474 g/mol. The van der Waals surface area contributed by atoms with E-state index in [9.17, 15) is 14.9 Å². The van der Waals surface area contributed by atoms with E-state index >= 15 is 0 Å². The van der Waals surface area contributed by atoms with Crippen molar-refractivity contribution in [3.63, 3.8) is 0 Å². The molecule has 2 aromatic carbocycles. The predicted octanol–water partition coefficient (Wildman–Crippen LogP) is 5.97. The van der Waals surface area contributed by atoms with Crippen molar-refractivity contribution in [1.29, 1.82) is 0 Å². The van der Waals surface area contributed by atoms with Crippen LogP contribution in [0.4, 0.5) is 10.8 Å². The van der Waals surface area contributed by atoms with Gasteiger partial charge in [-0.3, -0.25) is 15.5 Å². The summed E-state index contributed by atoms with van der Waals surface area (Å²) < 4.78 is 5.32. The highest BCUT2D eigenvalue weighted by Gasteiger charge is 2.12. The molecular weight excluding hydrogens is 463 g/mol. The molecule has 2 aromatic heterocycles. The van der Waals surface area contributed by atoms with Crippen LogP contribution in [0.3, 0.4) is 0 Å². The minimum absolute atomic E-state index is 0.00865. The van der Waals surface area contributed by atoms with Crippen molar-refractivity contribution in [2.24, 2.45) is 5.10 Å². The molecule has 0 saturated heterocycles. The molecule has 0 aliphatic carbocycles. The number of anilines is 1. The number of hydrogen-bond donors (Lipinski definition) is 1. The largest absolute Gasteiger partial charge is 0.421 e. The zero-order valence-corrected chi connectivity index (χ0v) is 18.1.